The Morgan fingerprint density at radius 3 is 2.65 bits per heavy atom. The molecular weight excluding hydrogens is 267 g/mol. The minimum atomic E-state index is -1.89. The van der Waals surface area contributed by atoms with E-state index >= 15 is 0 Å². The van der Waals surface area contributed by atoms with Gasteiger partial charge < -0.3 is 19.7 Å². The predicted octanol–water partition coefficient (Wildman–Crippen LogP) is 0.609. The van der Waals surface area contributed by atoms with E-state index in [0.717, 1.165) is 0 Å². The second kappa shape index (κ2) is 5.97. The number of hydrogen-bond donors (Lipinski definition) is 2. The fraction of sp³-hybridized carbons (Fsp3) is 0.500. The zero-order valence-corrected chi connectivity index (χ0v) is 11.2. The summed E-state index contributed by atoms with van der Waals surface area (Å²) in [5, 5.41) is 19.6. The Morgan fingerprint density at radius 2 is 2.10 bits per heavy atom. The van der Waals surface area contributed by atoms with Crippen molar-refractivity contribution in [1.29, 1.82) is 0 Å². The van der Waals surface area contributed by atoms with Crippen LogP contribution in [-0.2, 0) is 9.47 Å². The van der Waals surface area contributed by atoms with Crippen molar-refractivity contribution in [2.24, 2.45) is 0 Å². The summed E-state index contributed by atoms with van der Waals surface area (Å²) >= 11 is 0. The van der Waals surface area contributed by atoms with Gasteiger partial charge in [-0.25, -0.2) is 4.39 Å². The maximum Gasteiger partial charge on any atom is 0.194 e. The first kappa shape index (κ1) is 15.1. The molecule has 6 heteroatoms. The van der Waals surface area contributed by atoms with Crippen LogP contribution in [0.5, 0.6) is 0 Å². The number of aryl methyl sites for hydroxylation is 1. The summed E-state index contributed by atoms with van der Waals surface area (Å²) < 4.78 is 23.7. The summed E-state index contributed by atoms with van der Waals surface area (Å²) in [6.45, 7) is 1.72. The normalized spacial score (nSPS) is 31.2. The van der Waals surface area contributed by atoms with Gasteiger partial charge in [0.15, 0.2) is 18.2 Å². The van der Waals surface area contributed by atoms with E-state index in [-0.39, 0.29) is 0 Å². The third-order valence-electron chi connectivity index (χ3n) is 3.43. The first-order valence-electron chi connectivity index (χ1n) is 6.25. The van der Waals surface area contributed by atoms with Crippen molar-refractivity contribution in [3.63, 3.8) is 0 Å². The van der Waals surface area contributed by atoms with Crippen LogP contribution in [0, 0.1) is 6.92 Å². The summed E-state index contributed by atoms with van der Waals surface area (Å²) in [6.07, 6.45) is -7.73. The van der Waals surface area contributed by atoms with Crippen LogP contribution in [0.1, 0.15) is 15.9 Å². The van der Waals surface area contributed by atoms with E-state index in [0.29, 0.717) is 11.1 Å². The molecule has 0 aromatic heterocycles. The maximum atomic E-state index is 13.9. The Hall–Kier alpha value is -1.34. The highest BCUT2D eigenvalue weighted by atomic mass is 19.1. The molecule has 1 aromatic rings. The predicted molar refractivity (Wildman–Crippen MR) is 68.1 cm³/mol. The molecule has 0 aliphatic carbocycles. The van der Waals surface area contributed by atoms with E-state index in [1.165, 1.54) is 7.11 Å². The number of Topliss-reactive ketones (excluding diaryl/α,β-unsaturated/α-hetero) is 1. The lowest BCUT2D eigenvalue weighted by Crippen LogP contribution is -2.41. The Balaban J connectivity index is 2.18. The van der Waals surface area contributed by atoms with Gasteiger partial charge in [0.25, 0.3) is 0 Å². The summed E-state index contributed by atoms with van der Waals surface area (Å²) in [4.78, 5) is 12.2. The average Bonchev–Trinajstić information content (AvgIpc) is 2.74. The van der Waals surface area contributed by atoms with Gasteiger partial charge in [0.2, 0.25) is 0 Å². The number of methoxy groups -OCH3 is 1. The second-order valence-corrected chi connectivity index (χ2v) is 4.76. The average molecular weight is 284 g/mol. The van der Waals surface area contributed by atoms with Crippen LogP contribution in [0.25, 0.3) is 0 Å². The van der Waals surface area contributed by atoms with E-state index in [1.54, 1.807) is 31.2 Å². The highest BCUT2D eigenvalue weighted by Gasteiger charge is 2.49. The number of hydrogen-bond acceptors (Lipinski definition) is 5. The minimum absolute atomic E-state index is 0.297. The van der Waals surface area contributed by atoms with Gasteiger partial charge in [-0.15, -0.1) is 0 Å². The molecule has 2 N–H and O–H groups in total. The van der Waals surface area contributed by atoms with Gasteiger partial charge >= 0.3 is 0 Å². The van der Waals surface area contributed by atoms with Crippen molar-refractivity contribution in [3.8, 4) is 0 Å². The molecule has 1 aromatic carbocycles. The molecule has 1 aliphatic rings. The van der Waals surface area contributed by atoms with Crippen molar-refractivity contribution in [3.05, 3.63) is 35.4 Å². The third kappa shape index (κ3) is 2.60. The molecule has 0 bridgehead atoms. The number of aliphatic hydroxyl groups is 2. The van der Waals surface area contributed by atoms with Crippen molar-refractivity contribution >= 4 is 5.78 Å². The molecule has 0 spiro atoms. The molecule has 5 atom stereocenters. The molecule has 1 saturated heterocycles. The van der Waals surface area contributed by atoms with Gasteiger partial charge in [-0.2, -0.15) is 0 Å². The zero-order valence-electron chi connectivity index (χ0n) is 11.2. The molecule has 1 unspecified atom stereocenters. The monoisotopic (exact) mass is 284 g/mol. The van der Waals surface area contributed by atoms with E-state index < -0.39 is 36.6 Å². The molecule has 20 heavy (non-hydrogen) atoms. The summed E-state index contributed by atoms with van der Waals surface area (Å²) in [5.74, 6) is -0.639. The van der Waals surface area contributed by atoms with Gasteiger partial charge in [0.05, 0.1) is 0 Å². The quantitative estimate of drug-likeness (QED) is 0.792. The van der Waals surface area contributed by atoms with Crippen LogP contribution in [0.3, 0.4) is 0 Å². The van der Waals surface area contributed by atoms with Crippen molar-refractivity contribution < 1.29 is 28.9 Å². The van der Waals surface area contributed by atoms with Crippen LogP contribution in [-0.4, -0.2) is 53.9 Å². The van der Waals surface area contributed by atoms with Gasteiger partial charge in [0.1, 0.15) is 18.3 Å². The highest BCUT2D eigenvalue weighted by Crippen LogP contribution is 2.28. The molecule has 0 amide bonds. The molecule has 110 valence electrons. The highest BCUT2D eigenvalue weighted by molar-refractivity contribution is 6.01. The molecule has 5 nitrogen and oxygen atoms in total. The number of aliphatic hydroxyl groups excluding tert-OH is 2. The lowest BCUT2D eigenvalue weighted by molar-refractivity contribution is -0.159. The van der Waals surface area contributed by atoms with Crippen molar-refractivity contribution in [1.82, 2.24) is 0 Å². The number of rotatable bonds is 4. The molecule has 1 aliphatic heterocycles. The fourth-order valence-electron chi connectivity index (χ4n) is 2.26. The smallest absolute Gasteiger partial charge is 0.194 e. The Kier molecular flexibility index (Phi) is 4.49. The maximum absolute atomic E-state index is 13.9. The van der Waals surface area contributed by atoms with Crippen molar-refractivity contribution in [2.45, 2.75) is 37.7 Å². The Morgan fingerprint density at radius 1 is 1.45 bits per heavy atom. The van der Waals surface area contributed by atoms with Crippen LogP contribution in [0.15, 0.2) is 24.3 Å². The van der Waals surface area contributed by atoms with Crippen LogP contribution >= 0.6 is 0 Å². The van der Waals surface area contributed by atoms with Crippen LogP contribution in [0.4, 0.5) is 4.39 Å². The molecule has 1 fully saturated rings. The SMILES string of the molecule is CO[C@H]1O[C@H](C(O)C(=O)c2ccccc2C)[C@@H](F)[C@H]1O. The molecule has 2 rings (SSSR count). The lowest BCUT2D eigenvalue weighted by atomic mass is 9.96. The van der Waals surface area contributed by atoms with Gasteiger partial charge in [-0.1, -0.05) is 24.3 Å². The van der Waals surface area contributed by atoms with Crippen molar-refractivity contribution in [2.75, 3.05) is 7.11 Å². The molecule has 0 radical (unpaired) electrons. The Bertz CT molecular complexity index is 492. The lowest BCUT2D eigenvalue weighted by Gasteiger charge is -2.19. The summed E-state index contributed by atoms with van der Waals surface area (Å²) in [7, 11) is 1.25. The summed E-state index contributed by atoms with van der Waals surface area (Å²) in [5.41, 5.74) is 0.972. The second-order valence-electron chi connectivity index (χ2n) is 4.76. The fourth-order valence-corrected chi connectivity index (χ4v) is 2.26. The molecule has 0 saturated carbocycles. The molecular formula is C14H17FO5. The van der Waals surface area contributed by atoms with Gasteiger partial charge in [0, 0.05) is 12.7 Å². The largest absolute Gasteiger partial charge is 0.385 e. The third-order valence-corrected chi connectivity index (χ3v) is 3.43. The van der Waals surface area contributed by atoms with E-state index in [2.05, 4.69) is 0 Å². The minimum Gasteiger partial charge on any atom is -0.385 e. The van der Waals surface area contributed by atoms with Crippen LogP contribution in [0.2, 0.25) is 0 Å². The number of benzene rings is 1. The number of ketones is 1. The number of alkyl halides is 1. The first-order valence-corrected chi connectivity index (χ1v) is 6.25. The first-order chi connectivity index (χ1) is 9.47. The van der Waals surface area contributed by atoms with E-state index in [9.17, 15) is 19.4 Å². The zero-order chi connectivity index (χ0) is 14.9. The van der Waals surface area contributed by atoms with Gasteiger partial charge in [-0.05, 0) is 12.5 Å². The topological polar surface area (TPSA) is 76.0 Å². The number of halogens is 1. The Labute approximate surface area is 115 Å². The summed E-state index contributed by atoms with van der Waals surface area (Å²) in [6, 6.07) is 6.68. The van der Waals surface area contributed by atoms with Gasteiger partial charge in [-0.3, -0.25) is 4.79 Å². The number of carbonyl (C=O) groups excluding carboxylic acids is 1. The van der Waals surface area contributed by atoms with E-state index in [1.807, 2.05) is 0 Å². The van der Waals surface area contributed by atoms with E-state index in [4.69, 9.17) is 9.47 Å². The molecule has 1 heterocycles. The number of ether oxygens (including phenoxy) is 2. The van der Waals surface area contributed by atoms with Crippen LogP contribution < -0.4 is 0 Å². The number of carbonyl (C=O) groups is 1. The standard InChI is InChI=1S/C14H17FO5/c1-7-5-3-4-6-8(7)10(16)12(18)13-9(15)11(17)14(19-2)20-13/h3-6,9,11-14,17-18H,1-2H3/t9-,11+,12?,13-,14-/m0/s1.